The van der Waals surface area contributed by atoms with Crippen LogP contribution in [-0.2, 0) is 11.3 Å². The maximum Gasteiger partial charge on any atom is 0.246 e. The van der Waals surface area contributed by atoms with E-state index in [1.54, 1.807) is 4.90 Å². The summed E-state index contributed by atoms with van der Waals surface area (Å²) in [5.41, 5.74) is 2.84. The molecule has 0 bridgehead atoms. The fourth-order valence-corrected chi connectivity index (χ4v) is 2.77. The fourth-order valence-electron chi connectivity index (χ4n) is 2.77. The summed E-state index contributed by atoms with van der Waals surface area (Å²) in [6, 6.07) is 7.88. The van der Waals surface area contributed by atoms with Gasteiger partial charge < -0.3 is 20.2 Å². The van der Waals surface area contributed by atoms with Gasteiger partial charge in [0.2, 0.25) is 5.91 Å². The number of benzene rings is 1. The number of aromatic nitrogens is 2. The molecule has 0 saturated heterocycles. The summed E-state index contributed by atoms with van der Waals surface area (Å²) in [6.45, 7) is 3.05. The van der Waals surface area contributed by atoms with Crippen LogP contribution >= 0.6 is 0 Å². The lowest BCUT2D eigenvalue weighted by Crippen LogP contribution is -2.35. The fraction of sp³-hybridized carbons (Fsp3) is 0.353. The minimum absolute atomic E-state index is 0.00691. The van der Waals surface area contributed by atoms with Gasteiger partial charge in [0.1, 0.15) is 18.0 Å². The molecule has 0 saturated carbocycles. The van der Waals surface area contributed by atoms with Gasteiger partial charge in [-0.05, 0) is 19.1 Å². The number of hydrogen-bond acceptors (Lipinski definition) is 6. The quantitative estimate of drug-likeness (QED) is 0.877. The van der Waals surface area contributed by atoms with Gasteiger partial charge in [0.15, 0.2) is 0 Å². The van der Waals surface area contributed by atoms with Crippen LogP contribution in [-0.4, -0.2) is 47.7 Å². The zero-order chi connectivity index (χ0) is 17.1. The number of fused-ring (bicyclic) bond motifs is 1. The van der Waals surface area contributed by atoms with Crippen LogP contribution < -0.4 is 15.1 Å². The van der Waals surface area contributed by atoms with Gasteiger partial charge in [-0.25, -0.2) is 9.97 Å². The Morgan fingerprint density at radius 2 is 1.96 bits per heavy atom. The smallest absolute Gasteiger partial charge is 0.246 e. The molecule has 0 atom stereocenters. The van der Waals surface area contributed by atoms with Crippen LogP contribution in [0.4, 0.5) is 17.3 Å². The highest BCUT2D eigenvalue weighted by Crippen LogP contribution is 2.29. The topological polar surface area (TPSA) is 81.6 Å². The molecule has 0 unspecified atom stereocenters. The first-order valence-electron chi connectivity index (χ1n) is 7.87. The van der Waals surface area contributed by atoms with Crippen molar-refractivity contribution in [2.24, 2.45) is 0 Å². The number of aliphatic hydroxyl groups excluding tert-OH is 1. The van der Waals surface area contributed by atoms with Crippen LogP contribution in [0.3, 0.4) is 0 Å². The van der Waals surface area contributed by atoms with Crippen molar-refractivity contribution in [3.8, 4) is 0 Å². The van der Waals surface area contributed by atoms with Crippen LogP contribution in [0.25, 0.3) is 0 Å². The second-order valence-corrected chi connectivity index (χ2v) is 5.85. The Bertz CT molecular complexity index is 732. The number of anilines is 3. The number of nitrogens with zero attached hydrogens (tertiary/aromatic N) is 4. The van der Waals surface area contributed by atoms with Gasteiger partial charge in [-0.3, -0.25) is 4.79 Å². The molecular weight excluding hydrogens is 306 g/mol. The molecule has 2 N–H and O–H groups in total. The highest BCUT2D eigenvalue weighted by molar-refractivity contribution is 5.97. The molecule has 1 amide bonds. The number of aryl methyl sites for hydroxylation is 1. The summed E-state index contributed by atoms with van der Waals surface area (Å²) in [5, 5.41) is 12.2. The average molecular weight is 327 g/mol. The molecule has 0 aliphatic carbocycles. The maximum absolute atomic E-state index is 12.7. The van der Waals surface area contributed by atoms with E-state index in [2.05, 4.69) is 15.3 Å². The normalized spacial score (nSPS) is 14.4. The molecule has 0 fully saturated rings. The molecular formula is C17H21N5O2. The van der Waals surface area contributed by atoms with E-state index in [9.17, 15) is 4.79 Å². The predicted molar refractivity (Wildman–Crippen MR) is 93.2 cm³/mol. The highest BCUT2D eigenvalue weighted by atomic mass is 16.3. The Morgan fingerprint density at radius 1 is 1.21 bits per heavy atom. The van der Waals surface area contributed by atoms with E-state index in [-0.39, 0.29) is 19.1 Å². The zero-order valence-electron chi connectivity index (χ0n) is 13.9. The van der Waals surface area contributed by atoms with Gasteiger partial charge in [0.05, 0.1) is 25.3 Å². The number of aliphatic hydroxyl groups is 1. The van der Waals surface area contributed by atoms with E-state index in [0.29, 0.717) is 18.9 Å². The zero-order valence-corrected chi connectivity index (χ0v) is 13.9. The van der Waals surface area contributed by atoms with E-state index < -0.39 is 0 Å². The van der Waals surface area contributed by atoms with E-state index >= 15 is 0 Å². The molecule has 126 valence electrons. The van der Waals surface area contributed by atoms with E-state index in [1.807, 2.05) is 43.1 Å². The standard InChI is InChI=1S/C17H21N5O2/c1-12-3-5-13(6-4-12)22-9-14-16(18-7-8-23)19-11-20-17(14)21(2)10-15(22)24/h3-6,11,23H,7-10H2,1-2H3,(H,18,19,20). The molecule has 0 radical (unpaired) electrons. The van der Waals surface area contributed by atoms with Gasteiger partial charge in [0.25, 0.3) is 0 Å². The summed E-state index contributed by atoms with van der Waals surface area (Å²) in [6.07, 6.45) is 1.47. The first-order chi connectivity index (χ1) is 11.6. The molecule has 7 nitrogen and oxygen atoms in total. The third kappa shape index (κ3) is 3.16. The number of likely N-dealkylation sites (N-methyl/N-ethyl adjacent to an activating group) is 1. The van der Waals surface area contributed by atoms with Crippen molar-refractivity contribution in [3.05, 3.63) is 41.7 Å². The molecule has 1 aliphatic rings. The van der Waals surface area contributed by atoms with Gasteiger partial charge in [-0.2, -0.15) is 0 Å². The third-order valence-electron chi connectivity index (χ3n) is 4.02. The van der Waals surface area contributed by atoms with Crippen LogP contribution in [0.15, 0.2) is 30.6 Å². The number of rotatable bonds is 4. The van der Waals surface area contributed by atoms with Crippen molar-refractivity contribution in [1.29, 1.82) is 0 Å². The van der Waals surface area contributed by atoms with Crippen molar-refractivity contribution in [3.63, 3.8) is 0 Å². The number of carbonyl (C=O) groups is 1. The maximum atomic E-state index is 12.7. The molecule has 3 rings (SSSR count). The highest BCUT2D eigenvalue weighted by Gasteiger charge is 2.27. The largest absolute Gasteiger partial charge is 0.395 e. The van der Waals surface area contributed by atoms with Gasteiger partial charge in [-0.15, -0.1) is 0 Å². The van der Waals surface area contributed by atoms with Gasteiger partial charge in [0, 0.05) is 19.3 Å². The van der Waals surface area contributed by atoms with E-state index in [1.165, 1.54) is 6.33 Å². The minimum Gasteiger partial charge on any atom is -0.395 e. The Kier molecular flexibility index (Phi) is 4.61. The van der Waals surface area contributed by atoms with Crippen molar-refractivity contribution in [2.75, 3.05) is 41.9 Å². The van der Waals surface area contributed by atoms with Crippen LogP contribution in [0.1, 0.15) is 11.1 Å². The Hall–Kier alpha value is -2.67. The molecule has 1 aromatic carbocycles. The summed E-state index contributed by atoms with van der Waals surface area (Å²) in [5.74, 6) is 1.38. The van der Waals surface area contributed by atoms with Gasteiger partial charge >= 0.3 is 0 Å². The minimum atomic E-state index is 0.00691. The molecule has 7 heteroatoms. The Morgan fingerprint density at radius 3 is 2.67 bits per heavy atom. The molecule has 2 aromatic rings. The average Bonchev–Trinajstić information content (AvgIpc) is 2.71. The summed E-state index contributed by atoms with van der Waals surface area (Å²) < 4.78 is 0. The molecule has 0 spiro atoms. The lowest BCUT2D eigenvalue weighted by Gasteiger charge is -2.21. The second-order valence-electron chi connectivity index (χ2n) is 5.85. The number of nitrogens with one attached hydrogen (secondary N) is 1. The SMILES string of the molecule is Cc1ccc(N2Cc3c(NCCO)ncnc3N(C)CC2=O)cc1. The molecule has 1 aromatic heterocycles. The molecule has 24 heavy (non-hydrogen) atoms. The van der Waals surface area contributed by atoms with Crippen molar-refractivity contribution >= 4 is 23.2 Å². The van der Waals surface area contributed by atoms with Crippen molar-refractivity contribution in [1.82, 2.24) is 9.97 Å². The first-order valence-corrected chi connectivity index (χ1v) is 7.87. The lowest BCUT2D eigenvalue weighted by molar-refractivity contribution is -0.117. The number of hydrogen-bond donors (Lipinski definition) is 2. The number of carbonyl (C=O) groups excluding carboxylic acids is 1. The predicted octanol–water partition coefficient (Wildman–Crippen LogP) is 1.17. The number of amides is 1. The lowest BCUT2D eigenvalue weighted by atomic mass is 10.2. The van der Waals surface area contributed by atoms with E-state index in [0.717, 1.165) is 22.6 Å². The van der Waals surface area contributed by atoms with E-state index in [4.69, 9.17) is 5.11 Å². The summed E-state index contributed by atoms with van der Waals surface area (Å²) >= 11 is 0. The Labute approximate surface area is 141 Å². The monoisotopic (exact) mass is 327 g/mol. The van der Waals surface area contributed by atoms with Crippen LogP contribution in [0.2, 0.25) is 0 Å². The third-order valence-corrected chi connectivity index (χ3v) is 4.02. The second kappa shape index (κ2) is 6.84. The summed E-state index contributed by atoms with van der Waals surface area (Å²) in [4.78, 5) is 24.9. The first kappa shape index (κ1) is 16.2. The molecule has 2 heterocycles. The van der Waals surface area contributed by atoms with Crippen molar-refractivity contribution < 1.29 is 9.90 Å². The van der Waals surface area contributed by atoms with Crippen molar-refractivity contribution in [2.45, 2.75) is 13.5 Å². The van der Waals surface area contributed by atoms with Crippen LogP contribution in [0, 0.1) is 6.92 Å². The summed E-state index contributed by atoms with van der Waals surface area (Å²) in [7, 11) is 1.85. The van der Waals surface area contributed by atoms with Gasteiger partial charge in [-0.1, -0.05) is 17.7 Å². The van der Waals surface area contributed by atoms with Crippen LogP contribution in [0.5, 0.6) is 0 Å². The Balaban J connectivity index is 2.01. The molecule has 1 aliphatic heterocycles.